The number of hydrogen-bond donors (Lipinski definition) is 1. The molecular formula is C16H28BrN3O. The average molecular weight is 358 g/mol. The first kappa shape index (κ1) is 17.0. The molecule has 0 bridgehead atoms. The summed E-state index contributed by atoms with van der Waals surface area (Å²) in [7, 11) is 3.80. The van der Waals surface area contributed by atoms with Crippen LogP contribution < -0.4 is 5.32 Å². The van der Waals surface area contributed by atoms with Gasteiger partial charge in [0, 0.05) is 7.11 Å². The van der Waals surface area contributed by atoms with Gasteiger partial charge in [0.05, 0.1) is 35.6 Å². The van der Waals surface area contributed by atoms with Crippen LogP contribution in [0.1, 0.15) is 51.3 Å². The number of methoxy groups -OCH3 is 1. The molecule has 21 heavy (non-hydrogen) atoms. The van der Waals surface area contributed by atoms with Gasteiger partial charge in [-0.2, -0.15) is 5.10 Å². The van der Waals surface area contributed by atoms with Gasteiger partial charge in [-0.1, -0.05) is 26.7 Å². The molecule has 1 aliphatic carbocycles. The summed E-state index contributed by atoms with van der Waals surface area (Å²) in [6, 6.07) is 0.328. The van der Waals surface area contributed by atoms with Crippen molar-refractivity contribution in [2.45, 2.75) is 52.1 Å². The van der Waals surface area contributed by atoms with E-state index >= 15 is 0 Å². The van der Waals surface area contributed by atoms with Crippen molar-refractivity contribution >= 4 is 15.9 Å². The van der Waals surface area contributed by atoms with E-state index in [-0.39, 0.29) is 0 Å². The molecule has 1 aliphatic rings. The zero-order valence-electron chi connectivity index (χ0n) is 13.7. The van der Waals surface area contributed by atoms with E-state index in [0.717, 1.165) is 11.0 Å². The smallest absolute Gasteiger partial charge is 0.0699 e. The molecule has 1 saturated carbocycles. The summed E-state index contributed by atoms with van der Waals surface area (Å²) in [5.41, 5.74) is 1.62. The highest BCUT2D eigenvalue weighted by Gasteiger charge is 2.39. The van der Waals surface area contributed by atoms with Gasteiger partial charge in [-0.05, 0) is 47.2 Å². The van der Waals surface area contributed by atoms with Crippen LogP contribution in [0.15, 0.2) is 10.7 Å². The maximum absolute atomic E-state index is 5.21. The summed E-state index contributed by atoms with van der Waals surface area (Å²) in [5.74, 6) is 0.630. The molecule has 1 aromatic rings. The molecule has 1 heterocycles. The lowest BCUT2D eigenvalue weighted by Crippen LogP contribution is -2.39. The van der Waals surface area contributed by atoms with Gasteiger partial charge in [-0.15, -0.1) is 0 Å². The molecule has 1 aromatic heterocycles. The molecule has 0 radical (unpaired) electrons. The Morgan fingerprint density at radius 1 is 1.52 bits per heavy atom. The molecule has 4 nitrogen and oxygen atoms in total. The van der Waals surface area contributed by atoms with E-state index in [1.165, 1.54) is 31.4 Å². The topological polar surface area (TPSA) is 39.1 Å². The van der Waals surface area contributed by atoms with E-state index in [4.69, 9.17) is 4.74 Å². The van der Waals surface area contributed by atoms with Crippen LogP contribution in [0, 0.1) is 11.3 Å². The van der Waals surface area contributed by atoms with Crippen molar-refractivity contribution in [2.75, 3.05) is 20.8 Å². The highest BCUT2D eigenvalue weighted by atomic mass is 79.9. The monoisotopic (exact) mass is 357 g/mol. The SMILES string of the molecule is CNC(c1c(Br)cnn1CCOC)C1CCCCC1(C)C. The third-order valence-corrected chi connectivity index (χ3v) is 5.55. The molecule has 0 saturated heterocycles. The summed E-state index contributed by atoms with van der Waals surface area (Å²) < 4.78 is 8.39. The summed E-state index contributed by atoms with van der Waals surface area (Å²) in [6.45, 7) is 6.30. The number of hydrogen-bond acceptors (Lipinski definition) is 3. The predicted octanol–water partition coefficient (Wildman–Crippen LogP) is 3.77. The quantitative estimate of drug-likeness (QED) is 0.841. The van der Waals surface area contributed by atoms with Crippen molar-refractivity contribution in [3.8, 4) is 0 Å². The van der Waals surface area contributed by atoms with Gasteiger partial charge in [-0.3, -0.25) is 4.68 Å². The van der Waals surface area contributed by atoms with Gasteiger partial charge in [-0.25, -0.2) is 0 Å². The molecule has 120 valence electrons. The van der Waals surface area contributed by atoms with Gasteiger partial charge in [0.15, 0.2) is 0 Å². The first-order valence-corrected chi connectivity index (χ1v) is 8.68. The first-order chi connectivity index (χ1) is 10.0. The lowest BCUT2D eigenvalue weighted by Gasteiger charge is -2.43. The minimum atomic E-state index is 0.328. The number of ether oxygens (including phenoxy) is 1. The van der Waals surface area contributed by atoms with E-state index in [0.29, 0.717) is 24.0 Å². The Labute approximate surface area is 136 Å². The number of aromatic nitrogens is 2. The molecule has 0 spiro atoms. The standard InChI is InChI=1S/C16H28BrN3O/c1-16(2)8-6-5-7-12(16)14(18-3)15-13(17)11-19-20(15)9-10-21-4/h11-12,14,18H,5-10H2,1-4H3. The van der Waals surface area contributed by atoms with Crippen LogP contribution in [-0.4, -0.2) is 30.5 Å². The van der Waals surface area contributed by atoms with Crippen LogP contribution in [0.25, 0.3) is 0 Å². The summed E-state index contributed by atoms with van der Waals surface area (Å²) in [6.07, 6.45) is 7.17. The Morgan fingerprint density at radius 3 is 2.90 bits per heavy atom. The van der Waals surface area contributed by atoms with Gasteiger partial charge < -0.3 is 10.1 Å². The van der Waals surface area contributed by atoms with E-state index in [9.17, 15) is 0 Å². The molecule has 1 fully saturated rings. The molecule has 2 unspecified atom stereocenters. The fraction of sp³-hybridized carbons (Fsp3) is 0.812. The summed E-state index contributed by atoms with van der Waals surface area (Å²) in [4.78, 5) is 0. The Morgan fingerprint density at radius 2 is 2.29 bits per heavy atom. The lowest BCUT2D eigenvalue weighted by molar-refractivity contribution is 0.0962. The average Bonchev–Trinajstić information content (AvgIpc) is 2.80. The van der Waals surface area contributed by atoms with Crippen LogP contribution in [-0.2, 0) is 11.3 Å². The first-order valence-electron chi connectivity index (χ1n) is 7.88. The Bertz CT molecular complexity index is 458. The predicted molar refractivity (Wildman–Crippen MR) is 89.3 cm³/mol. The lowest BCUT2D eigenvalue weighted by atomic mass is 9.65. The fourth-order valence-corrected chi connectivity index (χ4v) is 4.25. The molecule has 0 aromatic carbocycles. The van der Waals surface area contributed by atoms with Crippen LogP contribution >= 0.6 is 15.9 Å². The van der Waals surface area contributed by atoms with Crippen molar-refractivity contribution in [2.24, 2.45) is 11.3 Å². The maximum atomic E-state index is 5.21. The van der Waals surface area contributed by atoms with Gasteiger partial charge >= 0.3 is 0 Å². The second-order valence-corrected chi connectivity index (χ2v) is 7.56. The Balaban J connectivity index is 2.30. The van der Waals surface area contributed by atoms with Crippen LogP contribution in [0.4, 0.5) is 0 Å². The number of rotatable bonds is 6. The minimum Gasteiger partial charge on any atom is -0.383 e. The number of halogens is 1. The second-order valence-electron chi connectivity index (χ2n) is 6.70. The molecule has 2 rings (SSSR count). The third kappa shape index (κ3) is 3.69. The van der Waals surface area contributed by atoms with Gasteiger partial charge in [0.2, 0.25) is 0 Å². The van der Waals surface area contributed by atoms with Crippen molar-refractivity contribution in [3.63, 3.8) is 0 Å². The van der Waals surface area contributed by atoms with E-state index < -0.39 is 0 Å². The normalized spacial score (nSPS) is 23.2. The van der Waals surface area contributed by atoms with Crippen molar-refractivity contribution < 1.29 is 4.74 Å². The molecular weight excluding hydrogens is 330 g/mol. The summed E-state index contributed by atoms with van der Waals surface area (Å²) in [5, 5.41) is 8.07. The highest BCUT2D eigenvalue weighted by molar-refractivity contribution is 9.10. The van der Waals surface area contributed by atoms with Crippen molar-refractivity contribution in [1.29, 1.82) is 0 Å². The third-order valence-electron chi connectivity index (χ3n) is 4.94. The highest BCUT2D eigenvalue weighted by Crippen LogP contribution is 2.47. The molecule has 1 N–H and O–H groups in total. The molecule has 2 atom stereocenters. The largest absolute Gasteiger partial charge is 0.383 e. The fourth-order valence-electron chi connectivity index (χ4n) is 3.70. The van der Waals surface area contributed by atoms with Crippen molar-refractivity contribution in [1.82, 2.24) is 15.1 Å². The number of nitrogens with zero attached hydrogens (tertiary/aromatic N) is 2. The zero-order chi connectivity index (χ0) is 15.5. The second kappa shape index (κ2) is 7.25. The molecule has 0 aliphatic heterocycles. The molecule has 5 heteroatoms. The minimum absolute atomic E-state index is 0.328. The van der Waals surface area contributed by atoms with E-state index in [1.54, 1.807) is 7.11 Å². The molecule has 0 amide bonds. The summed E-state index contributed by atoms with van der Waals surface area (Å²) >= 11 is 3.69. The van der Waals surface area contributed by atoms with Gasteiger partial charge in [0.25, 0.3) is 0 Å². The Kier molecular flexibility index (Phi) is 5.86. The van der Waals surface area contributed by atoms with Crippen LogP contribution in [0.3, 0.4) is 0 Å². The van der Waals surface area contributed by atoms with Gasteiger partial charge in [0.1, 0.15) is 0 Å². The number of nitrogens with one attached hydrogen (secondary N) is 1. The van der Waals surface area contributed by atoms with Crippen molar-refractivity contribution in [3.05, 3.63) is 16.4 Å². The van der Waals surface area contributed by atoms with E-state index in [1.807, 2.05) is 6.20 Å². The van der Waals surface area contributed by atoms with E-state index in [2.05, 4.69) is 51.9 Å². The zero-order valence-corrected chi connectivity index (χ0v) is 15.2. The maximum Gasteiger partial charge on any atom is 0.0699 e. The van der Waals surface area contributed by atoms with Crippen LogP contribution in [0.5, 0.6) is 0 Å². The Hall–Kier alpha value is -0.390. The van der Waals surface area contributed by atoms with Crippen LogP contribution in [0.2, 0.25) is 0 Å².